The molecule has 1 heterocycles. The van der Waals surface area contributed by atoms with Gasteiger partial charge < -0.3 is 5.32 Å². The van der Waals surface area contributed by atoms with Gasteiger partial charge in [-0.05, 0) is 43.5 Å². The minimum absolute atomic E-state index is 0.117. The Bertz CT molecular complexity index is 901. The molecule has 0 saturated carbocycles. The molecule has 0 spiro atoms. The van der Waals surface area contributed by atoms with E-state index in [9.17, 15) is 4.79 Å². The first kappa shape index (κ1) is 16.9. The van der Waals surface area contributed by atoms with Gasteiger partial charge in [0.05, 0.1) is 17.0 Å². The maximum Gasteiger partial charge on any atom is 0.257 e. The van der Waals surface area contributed by atoms with Crippen LogP contribution in [0.2, 0.25) is 0 Å². The lowest BCUT2D eigenvalue weighted by Crippen LogP contribution is -2.16. The fourth-order valence-electron chi connectivity index (χ4n) is 2.95. The number of anilines is 1. The molecule has 2 aromatic carbocycles. The van der Waals surface area contributed by atoms with Crippen LogP contribution in [-0.4, -0.2) is 10.9 Å². The molecule has 0 bridgehead atoms. The van der Waals surface area contributed by atoms with Gasteiger partial charge in [0.15, 0.2) is 0 Å². The number of rotatable bonds is 4. The number of hydrogen-bond acceptors (Lipinski definition) is 2. The number of benzene rings is 2. The van der Waals surface area contributed by atoms with Gasteiger partial charge in [-0.15, -0.1) is 0 Å². The van der Waals surface area contributed by atoms with Crippen molar-refractivity contribution >= 4 is 11.6 Å². The normalized spacial score (nSPS) is 10.5. The summed E-state index contributed by atoms with van der Waals surface area (Å²) in [6, 6.07) is 19.8. The Kier molecular flexibility index (Phi) is 4.94. The van der Waals surface area contributed by atoms with Crippen LogP contribution in [0.3, 0.4) is 0 Å². The molecule has 0 unspecified atom stereocenters. The molecule has 0 atom stereocenters. The van der Waals surface area contributed by atoms with Crippen LogP contribution < -0.4 is 5.32 Å². The van der Waals surface area contributed by atoms with Gasteiger partial charge in [-0.1, -0.05) is 55.5 Å². The molecular formula is C22H22N2O. The molecule has 3 rings (SSSR count). The van der Waals surface area contributed by atoms with Crippen LogP contribution in [-0.2, 0) is 6.42 Å². The standard InChI is InChI=1S/C22H22N2O/c1-4-17-12-8-9-15(2)21(17)24-22(25)19-13-14-20(23-16(19)3)18-10-6-5-7-11-18/h5-14H,4H2,1-3H3,(H,24,25). The van der Waals surface area contributed by atoms with Crippen LogP contribution in [0.5, 0.6) is 0 Å². The highest BCUT2D eigenvalue weighted by atomic mass is 16.1. The zero-order chi connectivity index (χ0) is 17.8. The van der Waals surface area contributed by atoms with Crippen molar-refractivity contribution in [3.05, 3.63) is 83.0 Å². The van der Waals surface area contributed by atoms with E-state index in [4.69, 9.17) is 0 Å². The Balaban J connectivity index is 1.89. The minimum atomic E-state index is -0.117. The van der Waals surface area contributed by atoms with Crippen LogP contribution in [0, 0.1) is 13.8 Å². The molecule has 3 nitrogen and oxygen atoms in total. The number of carbonyl (C=O) groups is 1. The van der Waals surface area contributed by atoms with Gasteiger partial charge in [-0.3, -0.25) is 9.78 Å². The van der Waals surface area contributed by atoms with Crippen molar-refractivity contribution in [2.75, 3.05) is 5.32 Å². The van der Waals surface area contributed by atoms with Crippen LogP contribution in [0.4, 0.5) is 5.69 Å². The number of amides is 1. The molecule has 126 valence electrons. The monoisotopic (exact) mass is 330 g/mol. The van der Waals surface area contributed by atoms with E-state index < -0.39 is 0 Å². The highest BCUT2D eigenvalue weighted by Crippen LogP contribution is 2.23. The van der Waals surface area contributed by atoms with Crippen LogP contribution in [0.15, 0.2) is 60.7 Å². The van der Waals surface area contributed by atoms with Crippen molar-refractivity contribution in [2.45, 2.75) is 27.2 Å². The Labute approximate surface area is 148 Å². The molecule has 0 aliphatic carbocycles. The lowest BCUT2D eigenvalue weighted by Gasteiger charge is -2.14. The zero-order valence-electron chi connectivity index (χ0n) is 14.8. The average Bonchev–Trinajstić information content (AvgIpc) is 2.64. The Morgan fingerprint density at radius 1 is 0.960 bits per heavy atom. The van der Waals surface area contributed by atoms with Crippen LogP contribution >= 0.6 is 0 Å². The summed E-state index contributed by atoms with van der Waals surface area (Å²) >= 11 is 0. The Hall–Kier alpha value is -2.94. The van der Waals surface area contributed by atoms with E-state index in [2.05, 4.69) is 17.2 Å². The van der Waals surface area contributed by atoms with Gasteiger partial charge in [0.1, 0.15) is 0 Å². The summed E-state index contributed by atoms with van der Waals surface area (Å²) in [5.74, 6) is -0.117. The largest absolute Gasteiger partial charge is 0.321 e. The maximum atomic E-state index is 12.8. The molecule has 0 radical (unpaired) electrons. The topological polar surface area (TPSA) is 42.0 Å². The van der Waals surface area contributed by atoms with Crippen molar-refractivity contribution in [3.8, 4) is 11.3 Å². The lowest BCUT2D eigenvalue weighted by atomic mass is 10.0. The van der Waals surface area contributed by atoms with Crippen LogP contribution in [0.25, 0.3) is 11.3 Å². The van der Waals surface area contributed by atoms with E-state index in [1.807, 2.05) is 74.5 Å². The second kappa shape index (κ2) is 7.31. The molecule has 3 aromatic rings. The van der Waals surface area contributed by atoms with Gasteiger partial charge in [-0.25, -0.2) is 0 Å². The van der Waals surface area contributed by atoms with E-state index in [1.54, 1.807) is 0 Å². The molecule has 0 aliphatic heterocycles. The summed E-state index contributed by atoms with van der Waals surface area (Å²) in [5.41, 5.74) is 6.36. The van der Waals surface area contributed by atoms with Crippen molar-refractivity contribution < 1.29 is 4.79 Å². The fourth-order valence-corrected chi connectivity index (χ4v) is 2.95. The molecule has 1 amide bonds. The maximum absolute atomic E-state index is 12.8. The van der Waals surface area contributed by atoms with Crippen molar-refractivity contribution in [2.24, 2.45) is 0 Å². The third kappa shape index (κ3) is 3.61. The molecule has 1 N–H and O–H groups in total. The zero-order valence-corrected chi connectivity index (χ0v) is 14.8. The molecule has 3 heteroatoms. The summed E-state index contributed by atoms with van der Waals surface area (Å²) < 4.78 is 0. The average molecular weight is 330 g/mol. The van der Waals surface area contributed by atoms with E-state index in [0.29, 0.717) is 5.56 Å². The molecular weight excluding hydrogens is 308 g/mol. The summed E-state index contributed by atoms with van der Waals surface area (Å²) in [4.78, 5) is 17.4. The van der Waals surface area contributed by atoms with E-state index >= 15 is 0 Å². The molecule has 0 fully saturated rings. The Morgan fingerprint density at radius 3 is 2.40 bits per heavy atom. The van der Waals surface area contributed by atoms with E-state index in [0.717, 1.165) is 40.2 Å². The predicted octanol–water partition coefficient (Wildman–Crippen LogP) is 5.18. The lowest BCUT2D eigenvalue weighted by molar-refractivity contribution is 0.102. The number of aromatic nitrogens is 1. The minimum Gasteiger partial charge on any atom is -0.321 e. The highest BCUT2D eigenvalue weighted by molar-refractivity contribution is 6.06. The number of hydrogen-bond donors (Lipinski definition) is 1. The van der Waals surface area contributed by atoms with E-state index in [1.165, 1.54) is 0 Å². The van der Waals surface area contributed by atoms with Crippen molar-refractivity contribution in [1.29, 1.82) is 0 Å². The van der Waals surface area contributed by atoms with Gasteiger partial charge in [0.25, 0.3) is 5.91 Å². The number of carbonyl (C=O) groups excluding carboxylic acids is 1. The number of nitrogens with one attached hydrogen (secondary N) is 1. The second-order valence-corrected chi connectivity index (χ2v) is 6.11. The number of aryl methyl sites for hydroxylation is 3. The van der Waals surface area contributed by atoms with Crippen LogP contribution in [0.1, 0.15) is 34.1 Å². The number of para-hydroxylation sites is 1. The first-order valence-corrected chi connectivity index (χ1v) is 8.53. The molecule has 1 aromatic heterocycles. The molecule has 0 aliphatic rings. The summed E-state index contributed by atoms with van der Waals surface area (Å²) in [6.45, 7) is 5.98. The summed E-state index contributed by atoms with van der Waals surface area (Å²) in [7, 11) is 0. The van der Waals surface area contributed by atoms with Crippen molar-refractivity contribution in [1.82, 2.24) is 4.98 Å². The predicted molar refractivity (Wildman–Crippen MR) is 103 cm³/mol. The molecule has 0 saturated heterocycles. The third-order valence-electron chi connectivity index (χ3n) is 4.38. The first-order chi connectivity index (χ1) is 12.1. The highest BCUT2D eigenvalue weighted by Gasteiger charge is 2.14. The van der Waals surface area contributed by atoms with Gasteiger partial charge >= 0.3 is 0 Å². The second-order valence-electron chi connectivity index (χ2n) is 6.11. The summed E-state index contributed by atoms with van der Waals surface area (Å²) in [6.07, 6.45) is 0.876. The summed E-state index contributed by atoms with van der Waals surface area (Å²) in [5, 5.41) is 3.07. The van der Waals surface area contributed by atoms with E-state index in [-0.39, 0.29) is 5.91 Å². The third-order valence-corrected chi connectivity index (χ3v) is 4.38. The Morgan fingerprint density at radius 2 is 1.72 bits per heavy atom. The SMILES string of the molecule is CCc1cccc(C)c1NC(=O)c1ccc(-c2ccccc2)nc1C. The first-order valence-electron chi connectivity index (χ1n) is 8.53. The number of pyridine rings is 1. The van der Waals surface area contributed by atoms with Crippen molar-refractivity contribution in [3.63, 3.8) is 0 Å². The fraction of sp³-hybridized carbons (Fsp3) is 0.182. The smallest absolute Gasteiger partial charge is 0.257 e. The van der Waals surface area contributed by atoms with Gasteiger partial charge in [0, 0.05) is 11.3 Å². The van der Waals surface area contributed by atoms with Gasteiger partial charge in [0.2, 0.25) is 0 Å². The molecule has 25 heavy (non-hydrogen) atoms. The quantitative estimate of drug-likeness (QED) is 0.716. The van der Waals surface area contributed by atoms with Gasteiger partial charge in [-0.2, -0.15) is 0 Å². The number of nitrogens with zero attached hydrogens (tertiary/aromatic N) is 1.